The minimum atomic E-state index is -3.88. The van der Waals surface area contributed by atoms with Crippen LogP contribution in [0.25, 0.3) is 10.2 Å². The predicted octanol–water partition coefficient (Wildman–Crippen LogP) is 4.63. The second-order valence-corrected chi connectivity index (χ2v) is 12.3. The van der Waals surface area contributed by atoms with Crippen LogP contribution in [0.2, 0.25) is 5.02 Å². The first-order chi connectivity index (χ1) is 17.3. The SMILES string of the molecule is COc1ccc(S(=O)(=O)N2CCCC2C(=O)N(CC2CCCO2)c2nc3c(C)ccc(Cl)c3s2)cc1. The number of carbonyl (C=O) groups is 1. The van der Waals surface area contributed by atoms with Gasteiger partial charge >= 0.3 is 0 Å². The Balaban J connectivity index is 1.50. The molecule has 2 aliphatic rings. The number of ether oxygens (including phenoxy) is 2. The van der Waals surface area contributed by atoms with Crippen molar-refractivity contribution in [2.24, 2.45) is 0 Å². The van der Waals surface area contributed by atoms with Gasteiger partial charge < -0.3 is 9.47 Å². The van der Waals surface area contributed by atoms with Crippen LogP contribution in [0.3, 0.4) is 0 Å². The molecule has 0 spiro atoms. The molecule has 2 unspecified atom stereocenters. The van der Waals surface area contributed by atoms with Crippen LogP contribution in [0.15, 0.2) is 41.3 Å². The standard InChI is InChI=1S/C25H28ClN3O5S2/c1-16-7-12-20(26)23-22(16)27-25(35-23)28(15-18-5-4-14-34-18)24(30)21-6-3-13-29(21)36(31,32)19-10-8-17(33-2)9-11-19/h7-12,18,21H,3-6,13-15H2,1-2H3. The van der Waals surface area contributed by atoms with Crippen molar-refractivity contribution in [3.8, 4) is 5.75 Å². The van der Waals surface area contributed by atoms with E-state index in [2.05, 4.69) is 0 Å². The molecule has 2 fully saturated rings. The molecular formula is C25H28ClN3O5S2. The highest BCUT2D eigenvalue weighted by molar-refractivity contribution is 7.89. The average molecular weight is 550 g/mol. The minimum absolute atomic E-state index is 0.120. The molecule has 5 rings (SSSR count). The van der Waals surface area contributed by atoms with Crippen LogP contribution in [-0.4, -0.2) is 62.6 Å². The first-order valence-corrected chi connectivity index (χ1v) is 14.6. The predicted molar refractivity (Wildman–Crippen MR) is 141 cm³/mol. The highest BCUT2D eigenvalue weighted by Crippen LogP contribution is 2.37. The number of aryl methyl sites for hydroxylation is 1. The first-order valence-electron chi connectivity index (χ1n) is 11.9. The summed E-state index contributed by atoms with van der Waals surface area (Å²) in [5.74, 6) is 0.281. The Morgan fingerprint density at radius 3 is 2.67 bits per heavy atom. The van der Waals surface area contributed by atoms with Crippen LogP contribution in [0.5, 0.6) is 5.75 Å². The second kappa shape index (κ2) is 10.3. The van der Waals surface area contributed by atoms with Gasteiger partial charge in [-0.05, 0) is 68.5 Å². The maximum absolute atomic E-state index is 14.0. The number of carbonyl (C=O) groups excluding carboxylic acids is 1. The normalized spacial score (nSPS) is 20.8. The van der Waals surface area contributed by atoms with Gasteiger partial charge in [-0.25, -0.2) is 13.4 Å². The molecule has 0 aliphatic carbocycles. The number of thiazole rings is 1. The number of methoxy groups -OCH3 is 1. The van der Waals surface area contributed by atoms with E-state index >= 15 is 0 Å². The van der Waals surface area contributed by atoms with Gasteiger partial charge in [-0.3, -0.25) is 9.69 Å². The summed E-state index contributed by atoms with van der Waals surface area (Å²) in [6.07, 6.45) is 2.70. The maximum atomic E-state index is 14.0. The summed E-state index contributed by atoms with van der Waals surface area (Å²) < 4.78 is 40.2. The van der Waals surface area contributed by atoms with Crippen molar-refractivity contribution in [3.05, 3.63) is 47.0 Å². The van der Waals surface area contributed by atoms with Crippen LogP contribution in [0.4, 0.5) is 5.13 Å². The second-order valence-electron chi connectivity index (χ2n) is 9.07. The molecule has 0 radical (unpaired) electrons. The topological polar surface area (TPSA) is 89.0 Å². The number of anilines is 1. The summed E-state index contributed by atoms with van der Waals surface area (Å²) in [4.78, 5) is 20.6. The summed E-state index contributed by atoms with van der Waals surface area (Å²) in [7, 11) is -2.35. The number of sulfonamides is 1. The van der Waals surface area contributed by atoms with E-state index in [0.717, 1.165) is 28.6 Å². The number of amides is 1. The fourth-order valence-electron chi connectivity index (χ4n) is 4.80. The molecule has 1 aromatic heterocycles. The summed E-state index contributed by atoms with van der Waals surface area (Å²) in [6, 6.07) is 9.15. The summed E-state index contributed by atoms with van der Waals surface area (Å²) in [6.45, 7) is 3.21. The molecule has 11 heteroatoms. The van der Waals surface area contributed by atoms with Gasteiger partial charge in [-0.2, -0.15) is 4.31 Å². The number of halogens is 1. The van der Waals surface area contributed by atoms with E-state index in [1.165, 1.54) is 34.9 Å². The van der Waals surface area contributed by atoms with Gasteiger partial charge in [-0.1, -0.05) is 29.0 Å². The van der Waals surface area contributed by atoms with Crippen molar-refractivity contribution in [2.45, 2.75) is 49.6 Å². The van der Waals surface area contributed by atoms with Crippen molar-refractivity contribution >= 4 is 54.2 Å². The fourth-order valence-corrected chi connectivity index (χ4v) is 7.78. The van der Waals surface area contributed by atoms with Crippen molar-refractivity contribution in [1.29, 1.82) is 0 Å². The minimum Gasteiger partial charge on any atom is -0.497 e. The lowest BCUT2D eigenvalue weighted by molar-refractivity contribution is -0.122. The molecule has 0 N–H and O–H groups in total. The van der Waals surface area contributed by atoms with E-state index < -0.39 is 16.1 Å². The molecule has 36 heavy (non-hydrogen) atoms. The van der Waals surface area contributed by atoms with E-state index in [9.17, 15) is 13.2 Å². The third kappa shape index (κ3) is 4.72. The highest BCUT2D eigenvalue weighted by atomic mass is 35.5. The van der Waals surface area contributed by atoms with Gasteiger partial charge in [0.25, 0.3) is 0 Å². The molecule has 192 valence electrons. The Hall–Kier alpha value is -2.24. The lowest BCUT2D eigenvalue weighted by atomic mass is 10.2. The fraction of sp³-hybridized carbons (Fsp3) is 0.440. The Kier molecular flexibility index (Phi) is 7.24. The Morgan fingerprint density at radius 2 is 2.00 bits per heavy atom. The Morgan fingerprint density at radius 1 is 1.22 bits per heavy atom. The monoisotopic (exact) mass is 549 g/mol. The molecule has 8 nitrogen and oxygen atoms in total. The molecule has 1 amide bonds. The van der Waals surface area contributed by atoms with Gasteiger partial charge in [0.05, 0.1) is 39.9 Å². The summed E-state index contributed by atoms with van der Waals surface area (Å²) >= 11 is 7.79. The average Bonchev–Trinajstić information content (AvgIpc) is 3.65. The van der Waals surface area contributed by atoms with E-state index in [0.29, 0.717) is 41.9 Å². The van der Waals surface area contributed by atoms with Gasteiger partial charge in [-0.15, -0.1) is 0 Å². The summed E-state index contributed by atoms with van der Waals surface area (Å²) in [5.41, 5.74) is 1.72. The van der Waals surface area contributed by atoms with Crippen LogP contribution in [0.1, 0.15) is 31.2 Å². The van der Waals surface area contributed by atoms with Crippen molar-refractivity contribution in [2.75, 3.05) is 31.7 Å². The number of fused-ring (bicyclic) bond motifs is 1. The molecule has 2 saturated heterocycles. The Bertz CT molecular complexity index is 1330. The zero-order chi connectivity index (χ0) is 25.4. The van der Waals surface area contributed by atoms with E-state index in [1.807, 2.05) is 19.1 Å². The van der Waals surface area contributed by atoms with Crippen LogP contribution in [0, 0.1) is 6.92 Å². The van der Waals surface area contributed by atoms with Crippen LogP contribution < -0.4 is 9.64 Å². The zero-order valence-corrected chi connectivity index (χ0v) is 22.5. The number of benzene rings is 2. The van der Waals surface area contributed by atoms with E-state index in [4.69, 9.17) is 26.1 Å². The Labute approximate surface area is 219 Å². The highest BCUT2D eigenvalue weighted by Gasteiger charge is 2.42. The van der Waals surface area contributed by atoms with Crippen molar-refractivity contribution in [3.63, 3.8) is 0 Å². The molecule has 3 aromatic rings. The van der Waals surface area contributed by atoms with Gasteiger partial charge in [0.1, 0.15) is 11.8 Å². The molecule has 0 saturated carbocycles. The third-order valence-corrected chi connectivity index (χ3v) is 10.2. The quantitative estimate of drug-likeness (QED) is 0.427. The zero-order valence-electron chi connectivity index (χ0n) is 20.1. The molecule has 3 heterocycles. The smallest absolute Gasteiger partial charge is 0.247 e. The third-order valence-electron chi connectivity index (χ3n) is 6.75. The van der Waals surface area contributed by atoms with E-state index in [1.54, 1.807) is 17.0 Å². The summed E-state index contributed by atoms with van der Waals surface area (Å²) in [5, 5.41) is 1.09. The molecule has 0 bridgehead atoms. The molecule has 2 aliphatic heterocycles. The maximum Gasteiger partial charge on any atom is 0.247 e. The van der Waals surface area contributed by atoms with Crippen LogP contribution >= 0.6 is 22.9 Å². The molecule has 2 aromatic carbocycles. The van der Waals surface area contributed by atoms with E-state index in [-0.39, 0.29) is 23.5 Å². The van der Waals surface area contributed by atoms with Crippen LogP contribution in [-0.2, 0) is 19.6 Å². The lowest BCUT2D eigenvalue weighted by Crippen LogP contribution is -2.49. The largest absolute Gasteiger partial charge is 0.497 e. The van der Waals surface area contributed by atoms with Gasteiger partial charge in [0.15, 0.2) is 5.13 Å². The molecular weight excluding hydrogens is 522 g/mol. The number of nitrogens with zero attached hydrogens (tertiary/aromatic N) is 3. The number of aromatic nitrogens is 1. The molecule has 2 atom stereocenters. The first kappa shape index (κ1) is 25.4. The lowest BCUT2D eigenvalue weighted by Gasteiger charge is -2.29. The van der Waals surface area contributed by atoms with Crippen molar-refractivity contribution in [1.82, 2.24) is 9.29 Å². The number of rotatable bonds is 7. The number of hydrogen-bond acceptors (Lipinski definition) is 7. The van der Waals surface area contributed by atoms with Gasteiger partial charge in [0, 0.05) is 13.2 Å². The van der Waals surface area contributed by atoms with Gasteiger partial charge in [0.2, 0.25) is 15.9 Å². The number of hydrogen-bond donors (Lipinski definition) is 0. The van der Waals surface area contributed by atoms with Crippen molar-refractivity contribution < 1.29 is 22.7 Å².